The highest BCUT2D eigenvalue weighted by Crippen LogP contribution is 2.14. The predicted molar refractivity (Wildman–Crippen MR) is 78.2 cm³/mol. The van der Waals surface area contributed by atoms with E-state index in [4.69, 9.17) is 5.73 Å². The molecule has 4 heteroatoms. The first-order chi connectivity index (χ1) is 9.13. The Balaban J connectivity index is 2.27. The van der Waals surface area contributed by atoms with Gasteiger partial charge in [0.1, 0.15) is 0 Å². The summed E-state index contributed by atoms with van der Waals surface area (Å²) in [4.78, 5) is 10.2. The van der Waals surface area contributed by atoms with Gasteiger partial charge in [-0.25, -0.2) is 0 Å². The highest BCUT2D eigenvalue weighted by Gasteiger charge is 2.07. The Labute approximate surface area is 115 Å². The maximum Gasteiger partial charge on any atom is 0.269 e. The molecule has 4 nitrogen and oxygen atoms in total. The lowest BCUT2D eigenvalue weighted by Gasteiger charge is -2.11. The number of nitro benzene ring substituents is 1. The number of non-ortho nitro benzene ring substituents is 1. The van der Waals surface area contributed by atoms with Crippen molar-refractivity contribution in [2.24, 2.45) is 5.73 Å². The van der Waals surface area contributed by atoms with Gasteiger partial charge >= 0.3 is 0 Å². The van der Waals surface area contributed by atoms with Gasteiger partial charge < -0.3 is 5.73 Å². The van der Waals surface area contributed by atoms with Gasteiger partial charge in [0.25, 0.3) is 5.69 Å². The van der Waals surface area contributed by atoms with Crippen LogP contribution in [-0.2, 0) is 6.42 Å². The Morgan fingerprint density at radius 2 is 1.79 bits per heavy atom. The molecule has 0 fully saturated rings. The second-order valence-corrected chi connectivity index (χ2v) is 5.09. The molecule has 1 rings (SSSR count). The van der Waals surface area contributed by atoms with Crippen LogP contribution in [0.4, 0.5) is 5.69 Å². The van der Waals surface area contributed by atoms with E-state index in [1.165, 1.54) is 32.1 Å². The van der Waals surface area contributed by atoms with Gasteiger partial charge in [-0.15, -0.1) is 0 Å². The van der Waals surface area contributed by atoms with E-state index in [9.17, 15) is 10.1 Å². The molecule has 106 valence electrons. The van der Waals surface area contributed by atoms with Crippen LogP contribution in [0, 0.1) is 10.1 Å². The van der Waals surface area contributed by atoms with Crippen LogP contribution in [0.15, 0.2) is 24.3 Å². The molecule has 0 radical (unpaired) electrons. The summed E-state index contributed by atoms with van der Waals surface area (Å²) in [6.07, 6.45) is 8.11. The molecule has 0 aliphatic carbocycles. The molecule has 0 saturated carbocycles. The largest absolute Gasteiger partial charge is 0.327 e. The molecule has 0 amide bonds. The van der Waals surface area contributed by atoms with E-state index in [1.807, 2.05) is 0 Å². The van der Waals surface area contributed by atoms with E-state index in [2.05, 4.69) is 6.92 Å². The van der Waals surface area contributed by atoms with Gasteiger partial charge in [0, 0.05) is 18.2 Å². The Bertz CT molecular complexity index is 376. The van der Waals surface area contributed by atoms with Crippen LogP contribution in [0.3, 0.4) is 0 Å². The summed E-state index contributed by atoms with van der Waals surface area (Å²) >= 11 is 0. The standard InChI is InChI=1S/C15H24N2O2/c1-2-3-4-5-6-7-14(16)12-13-8-10-15(11-9-13)17(18)19/h8-11,14H,2-7,12,16H2,1H3. The van der Waals surface area contributed by atoms with Gasteiger partial charge in [-0.1, -0.05) is 51.2 Å². The van der Waals surface area contributed by atoms with Crippen LogP contribution in [0.25, 0.3) is 0 Å². The summed E-state index contributed by atoms with van der Waals surface area (Å²) in [7, 11) is 0. The summed E-state index contributed by atoms with van der Waals surface area (Å²) in [6.45, 7) is 2.21. The van der Waals surface area contributed by atoms with Crippen molar-refractivity contribution < 1.29 is 4.92 Å². The molecule has 0 bridgehead atoms. The highest BCUT2D eigenvalue weighted by atomic mass is 16.6. The molecule has 2 N–H and O–H groups in total. The fourth-order valence-corrected chi connectivity index (χ4v) is 2.17. The normalized spacial score (nSPS) is 12.3. The van der Waals surface area contributed by atoms with E-state index in [0.717, 1.165) is 18.4 Å². The second-order valence-electron chi connectivity index (χ2n) is 5.09. The SMILES string of the molecule is CCCCCCCC(N)Cc1ccc([N+](=O)[O-])cc1. The number of nitrogens with zero attached hydrogens (tertiary/aromatic N) is 1. The third-order valence-corrected chi connectivity index (χ3v) is 3.32. The van der Waals surface area contributed by atoms with Gasteiger partial charge in [-0.2, -0.15) is 0 Å². The lowest BCUT2D eigenvalue weighted by atomic mass is 10.0. The zero-order valence-electron chi connectivity index (χ0n) is 11.7. The molecule has 0 saturated heterocycles. The van der Waals surface area contributed by atoms with Gasteiger partial charge in [0.2, 0.25) is 0 Å². The van der Waals surface area contributed by atoms with Crippen LogP contribution in [0.1, 0.15) is 51.0 Å². The first-order valence-corrected chi connectivity index (χ1v) is 7.12. The number of benzene rings is 1. The molecule has 1 atom stereocenters. The van der Waals surface area contributed by atoms with E-state index in [-0.39, 0.29) is 16.7 Å². The van der Waals surface area contributed by atoms with Crippen LogP contribution in [-0.4, -0.2) is 11.0 Å². The average molecular weight is 264 g/mol. The zero-order valence-corrected chi connectivity index (χ0v) is 11.7. The minimum Gasteiger partial charge on any atom is -0.327 e. The molecule has 0 aliphatic heterocycles. The highest BCUT2D eigenvalue weighted by molar-refractivity contribution is 5.33. The quantitative estimate of drug-likeness (QED) is 0.418. The van der Waals surface area contributed by atoms with Crippen molar-refractivity contribution in [3.05, 3.63) is 39.9 Å². The molecule has 0 spiro atoms. The number of nitro groups is 1. The second kappa shape index (κ2) is 8.64. The predicted octanol–water partition coefficient (Wildman–Crippen LogP) is 3.83. The summed E-state index contributed by atoms with van der Waals surface area (Å²) in [5.74, 6) is 0. The zero-order chi connectivity index (χ0) is 14.1. The van der Waals surface area contributed by atoms with Gasteiger partial charge in [0.05, 0.1) is 4.92 Å². The molecule has 0 aliphatic rings. The van der Waals surface area contributed by atoms with Crippen molar-refractivity contribution in [1.82, 2.24) is 0 Å². The third-order valence-electron chi connectivity index (χ3n) is 3.32. The van der Waals surface area contributed by atoms with Crippen molar-refractivity contribution >= 4 is 5.69 Å². The molecule has 1 unspecified atom stereocenters. The fraction of sp³-hybridized carbons (Fsp3) is 0.600. The van der Waals surface area contributed by atoms with Gasteiger partial charge in [-0.05, 0) is 18.4 Å². The van der Waals surface area contributed by atoms with Crippen LogP contribution in [0.2, 0.25) is 0 Å². The number of nitrogens with two attached hydrogens (primary N) is 1. The van der Waals surface area contributed by atoms with Gasteiger partial charge in [0.15, 0.2) is 0 Å². The van der Waals surface area contributed by atoms with Crippen molar-refractivity contribution in [3.8, 4) is 0 Å². The molecule has 0 aromatic heterocycles. The average Bonchev–Trinajstić information content (AvgIpc) is 2.39. The van der Waals surface area contributed by atoms with Crippen LogP contribution in [0.5, 0.6) is 0 Å². The minimum atomic E-state index is -0.378. The van der Waals surface area contributed by atoms with E-state index in [1.54, 1.807) is 24.3 Å². The smallest absolute Gasteiger partial charge is 0.269 e. The van der Waals surface area contributed by atoms with E-state index < -0.39 is 0 Å². The molecular weight excluding hydrogens is 240 g/mol. The Morgan fingerprint density at radius 1 is 1.16 bits per heavy atom. The lowest BCUT2D eigenvalue weighted by Crippen LogP contribution is -2.22. The monoisotopic (exact) mass is 264 g/mol. The van der Waals surface area contributed by atoms with E-state index >= 15 is 0 Å². The Hall–Kier alpha value is -1.42. The molecule has 1 aromatic rings. The van der Waals surface area contributed by atoms with Crippen molar-refractivity contribution in [2.45, 2.75) is 57.9 Å². The molecule has 1 aromatic carbocycles. The number of hydrogen-bond acceptors (Lipinski definition) is 3. The first-order valence-electron chi connectivity index (χ1n) is 7.12. The summed E-state index contributed by atoms with van der Waals surface area (Å²) in [6, 6.07) is 6.85. The summed E-state index contributed by atoms with van der Waals surface area (Å²) in [5, 5.41) is 10.5. The topological polar surface area (TPSA) is 69.2 Å². The van der Waals surface area contributed by atoms with E-state index in [0.29, 0.717) is 0 Å². The maximum atomic E-state index is 10.5. The van der Waals surface area contributed by atoms with Crippen LogP contribution >= 0.6 is 0 Å². The Kier molecular flexibility index (Phi) is 7.11. The van der Waals surface area contributed by atoms with Crippen molar-refractivity contribution in [3.63, 3.8) is 0 Å². The number of hydrogen-bond donors (Lipinski definition) is 1. The molecule has 19 heavy (non-hydrogen) atoms. The van der Waals surface area contributed by atoms with Gasteiger partial charge in [-0.3, -0.25) is 10.1 Å². The summed E-state index contributed by atoms with van der Waals surface area (Å²) < 4.78 is 0. The molecular formula is C15H24N2O2. The van der Waals surface area contributed by atoms with Crippen LogP contribution < -0.4 is 5.73 Å². The lowest BCUT2D eigenvalue weighted by molar-refractivity contribution is -0.384. The van der Waals surface area contributed by atoms with Crippen molar-refractivity contribution in [2.75, 3.05) is 0 Å². The third kappa shape index (κ3) is 6.34. The Morgan fingerprint density at radius 3 is 2.37 bits per heavy atom. The number of rotatable bonds is 9. The van der Waals surface area contributed by atoms with Crippen molar-refractivity contribution in [1.29, 1.82) is 0 Å². The molecule has 0 heterocycles. The fourth-order valence-electron chi connectivity index (χ4n) is 2.17. The maximum absolute atomic E-state index is 10.5. The number of unbranched alkanes of at least 4 members (excludes halogenated alkanes) is 4. The first kappa shape index (κ1) is 15.6. The summed E-state index contributed by atoms with van der Waals surface area (Å²) in [5.41, 5.74) is 7.30. The minimum absolute atomic E-state index is 0.136.